The van der Waals surface area contributed by atoms with Crippen LogP contribution in [0, 0.1) is 0 Å². The minimum absolute atomic E-state index is 0.0474. The lowest BCUT2D eigenvalue weighted by Gasteiger charge is -2.04. The molecule has 1 heterocycles. The maximum atomic E-state index is 11.4. The van der Waals surface area contributed by atoms with Crippen LogP contribution in [-0.2, 0) is 4.57 Å². The molecule has 86 valence electrons. The maximum Gasteiger partial charge on any atom is 0.358 e. The Morgan fingerprint density at radius 1 is 0.941 bits per heavy atom. The van der Waals surface area contributed by atoms with Gasteiger partial charge in [0, 0.05) is 16.3 Å². The summed E-state index contributed by atoms with van der Waals surface area (Å²) < 4.78 is 11.4. The number of rotatable bonds is 1. The maximum absolute atomic E-state index is 11.4. The van der Waals surface area contributed by atoms with Crippen LogP contribution in [0.1, 0.15) is 0 Å². The van der Waals surface area contributed by atoms with Crippen molar-refractivity contribution in [2.45, 2.75) is 0 Å². The molecule has 0 fully saturated rings. The highest BCUT2D eigenvalue weighted by Gasteiger charge is 2.21. The highest BCUT2D eigenvalue weighted by Crippen LogP contribution is 2.37. The first-order valence-corrected chi connectivity index (χ1v) is 6.74. The lowest BCUT2D eigenvalue weighted by Crippen LogP contribution is -2.04. The molecule has 5 heteroatoms. The van der Waals surface area contributed by atoms with E-state index in [1.165, 1.54) is 6.07 Å². The van der Waals surface area contributed by atoms with Crippen molar-refractivity contribution >= 4 is 34.7 Å². The molecular formula is C12H10NO3P. The molecule has 0 radical (unpaired) electrons. The standard InChI is InChI=1S/C12H10NO3P/c14-17(15,16)11-7-3-5-9-8-4-1-2-6-10(8)13-12(9)11/h1-7,13H,(H2,14,15,16). The van der Waals surface area contributed by atoms with Crippen LogP contribution in [0.5, 0.6) is 0 Å². The third-order valence-corrected chi connectivity index (χ3v) is 3.83. The lowest BCUT2D eigenvalue weighted by atomic mass is 10.1. The average molecular weight is 247 g/mol. The van der Waals surface area contributed by atoms with Crippen molar-refractivity contribution in [2.24, 2.45) is 0 Å². The molecule has 0 aliphatic rings. The summed E-state index contributed by atoms with van der Waals surface area (Å²) in [4.78, 5) is 21.7. The molecule has 3 aromatic rings. The molecule has 0 atom stereocenters. The summed E-state index contributed by atoms with van der Waals surface area (Å²) in [5, 5.41) is 1.85. The van der Waals surface area contributed by atoms with Gasteiger partial charge in [-0.15, -0.1) is 0 Å². The predicted octanol–water partition coefficient (Wildman–Crippen LogP) is 2.12. The number of hydrogen-bond acceptors (Lipinski definition) is 1. The van der Waals surface area contributed by atoms with Crippen LogP contribution in [0.2, 0.25) is 0 Å². The zero-order chi connectivity index (χ0) is 12.0. The highest BCUT2D eigenvalue weighted by atomic mass is 31.2. The Bertz CT molecular complexity index is 757. The van der Waals surface area contributed by atoms with Crippen molar-refractivity contribution in [3.8, 4) is 0 Å². The van der Waals surface area contributed by atoms with Gasteiger partial charge in [-0.1, -0.05) is 30.3 Å². The van der Waals surface area contributed by atoms with E-state index in [2.05, 4.69) is 4.98 Å². The largest absolute Gasteiger partial charge is 0.358 e. The number of aromatic nitrogens is 1. The normalized spacial score (nSPS) is 12.4. The number of benzene rings is 2. The van der Waals surface area contributed by atoms with Gasteiger partial charge in [0.1, 0.15) is 0 Å². The second kappa shape index (κ2) is 3.44. The van der Waals surface area contributed by atoms with Crippen LogP contribution in [0.15, 0.2) is 42.5 Å². The second-order valence-corrected chi connectivity index (χ2v) is 5.48. The van der Waals surface area contributed by atoms with Crippen LogP contribution >= 0.6 is 7.60 Å². The number of fused-ring (bicyclic) bond motifs is 3. The topological polar surface area (TPSA) is 73.3 Å². The van der Waals surface area contributed by atoms with Crippen LogP contribution < -0.4 is 5.30 Å². The first-order valence-electron chi connectivity index (χ1n) is 5.13. The fraction of sp³-hybridized carbons (Fsp3) is 0. The van der Waals surface area contributed by atoms with Gasteiger partial charge >= 0.3 is 7.60 Å². The molecule has 3 rings (SSSR count). The van der Waals surface area contributed by atoms with Gasteiger partial charge in [0.15, 0.2) is 0 Å². The third kappa shape index (κ3) is 1.58. The van der Waals surface area contributed by atoms with Crippen molar-refractivity contribution < 1.29 is 14.4 Å². The first kappa shape index (κ1) is 10.5. The summed E-state index contributed by atoms with van der Waals surface area (Å²) in [5.41, 5.74) is 1.39. The third-order valence-electron chi connectivity index (χ3n) is 2.83. The average Bonchev–Trinajstić information content (AvgIpc) is 2.65. The summed E-state index contributed by atoms with van der Waals surface area (Å²) in [6.07, 6.45) is 0. The van der Waals surface area contributed by atoms with Gasteiger partial charge in [-0.25, -0.2) is 0 Å². The van der Waals surface area contributed by atoms with E-state index in [1.807, 2.05) is 30.3 Å². The molecule has 0 bridgehead atoms. The summed E-state index contributed by atoms with van der Waals surface area (Å²) in [5.74, 6) is 0. The Kier molecular flexibility index (Phi) is 2.13. The Labute approximate surface area is 97.1 Å². The summed E-state index contributed by atoms with van der Waals surface area (Å²) >= 11 is 0. The van der Waals surface area contributed by atoms with Crippen molar-refractivity contribution in [1.82, 2.24) is 4.98 Å². The number of nitrogens with one attached hydrogen (secondary N) is 1. The molecule has 4 nitrogen and oxygen atoms in total. The Morgan fingerprint density at radius 2 is 1.65 bits per heavy atom. The minimum atomic E-state index is -4.25. The monoisotopic (exact) mass is 247 g/mol. The van der Waals surface area contributed by atoms with Crippen molar-refractivity contribution in [2.75, 3.05) is 0 Å². The smallest absolute Gasteiger partial charge is 0.354 e. The summed E-state index contributed by atoms with van der Waals surface area (Å²) in [6.45, 7) is 0. The van der Waals surface area contributed by atoms with E-state index >= 15 is 0 Å². The second-order valence-electron chi connectivity index (χ2n) is 3.91. The molecule has 0 spiro atoms. The fourth-order valence-electron chi connectivity index (χ4n) is 2.10. The van der Waals surface area contributed by atoms with Crippen LogP contribution in [0.25, 0.3) is 21.8 Å². The van der Waals surface area contributed by atoms with Gasteiger partial charge in [-0.05, 0) is 12.1 Å². The molecule has 0 saturated heterocycles. The number of para-hydroxylation sites is 2. The van der Waals surface area contributed by atoms with E-state index in [9.17, 15) is 14.4 Å². The Morgan fingerprint density at radius 3 is 2.41 bits per heavy atom. The van der Waals surface area contributed by atoms with Crippen LogP contribution in [0.4, 0.5) is 0 Å². The molecule has 2 aromatic carbocycles. The minimum Gasteiger partial charge on any atom is -0.354 e. The van der Waals surface area contributed by atoms with E-state index in [4.69, 9.17) is 0 Å². The van der Waals surface area contributed by atoms with E-state index in [1.54, 1.807) is 6.07 Å². The first-order chi connectivity index (χ1) is 8.07. The zero-order valence-electron chi connectivity index (χ0n) is 8.79. The van der Waals surface area contributed by atoms with E-state index in [0.29, 0.717) is 5.52 Å². The molecule has 0 unspecified atom stereocenters. The van der Waals surface area contributed by atoms with Gasteiger partial charge < -0.3 is 14.8 Å². The number of aromatic amines is 1. The number of H-pyrrole nitrogens is 1. The van der Waals surface area contributed by atoms with Gasteiger partial charge in [0.25, 0.3) is 0 Å². The molecule has 0 aliphatic heterocycles. The zero-order valence-corrected chi connectivity index (χ0v) is 9.69. The molecule has 3 N–H and O–H groups in total. The highest BCUT2D eigenvalue weighted by molar-refractivity contribution is 7.60. The van der Waals surface area contributed by atoms with E-state index < -0.39 is 7.60 Å². The van der Waals surface area contributed by atoms with Gasteiger partial charge in [-0.3, -0.25) is 4.57 Å². The van der Waals surface area contributed by atoms with E-state index in [-0.39, 0.29) is 5.30 Å². The lowest BCUT2D eigenvalue weighted by molar-refractivity contribution is 0.387. The number of hydrogen-bond donors (Lipinski definition) is 3. The quantitative estimate of drug-likeness (QED) is 0.577. The Hall–Kier alpha value is -1.61. The molecule has 0 amide bonds. The van der Waals surface area contributed by atoms with Gasteiger partial charge in [0.2, 0.25) is 0 Å². The Balaban J connectivity index is 2.52. The van der Waals surface area contributed by atoms with Gasteiger partial charge in [-0.2, -0.15) is 0 Å². The van der Waals surface area contributed by atoms with Crippen molar-refractivity contribution in [3.63, 3.8) is 0 Å². The SMILES string of the molecule is O=P(O)(O)c1cccc2c1[nH]c1ccccc12. The molecular weight excluding hydrogens is 237 g/mol. The van der Waals surface area contributed by atoms with E-state index in [0.717, 1.165) is 16.3 Å². The molecule has 1 aromatic heterocycles. The molecule has 0 saturated carbocycles. The molecule has 0 aliphatic carbocycles. The van der Waals surface area contributed by atoms with Crippen molar-refractivity contribution in [3.05, 3.63) is 42.5 Å². The van der Waals surface area contributed by atoms with Crippen LogP contribution in [-0.4, -0.2) is 14.8 Å². The van der Waals surface area contributed by atoms with Crippen molar-refractivity contribution in [1.29, 1.82) is 0 Å². The van der Waals surface area contributed by atoms with Crippen LogP contribution in [0.3, 0.4) is 0 Å². The van der Waals surface area contributed by atoms with Gasteiger partial charge in [0.05, 0.1) is 10.8 Å². The molecule has 17 heavy (non-hydrogen) atoms. The summed E-state index contributed by atoms with van der Waals surface area (Å²) in [7, 11) is -4.25. The predicted molar refractivity (Wildman–Crippen MR) is 67.5 cm³/mol. The summed E-state index contributed by atoms with van der Waals surface area (Å²) in [6, 6.07) is 12.6. The fourth-order valence-corrected chi connectivity index (χ4v) is 2.85.